The summed E-state index contributed by atoms with van der Waals surface area (Å²) in [6.45, 7) is 3.69. The molecule has 0 atom stereocenters. The normalized spacial score (nSPS) is 10.5. The molecule has 22 heavy (non-hydrogen) atoms. The number of nitrogens with zero attached hydrogens (tertiary/aromatic N) is 1. The lowest BCUT2D eigenvalue weighted by Gasteiger charge is -2.08. The van der Waals surface area contributed by atoms with Crippen LogP contribution in [0.1, 0.15) is 38.2 Å². The van der Waals surface area contributed by atoms with E-state index in [2.05, 4.69) is 5.32 Å². The van der Waals surface area contributed by atoms with Crippen LogP contribution in [-0.4, -0.2) is 21.6 Å². The summed E-state index contributed by atoms with van der Waals surface area (Å²) in [5, 5.41) is 12.3. The van der Waals surface area contributed by atoms with Crippen LogP contribution in [0.25, 0.3) is 0 Å². The molecule has 6 nitrogen and oxygen atoms in total. The number of carbonyl (C=O) groups excluding carboxylic acids is 1. The summed E-state index contributed by atoms with van der Waals surface area (Å²) >= 11 is 1.23. The van der Waals surface area contributed by atoms with E-state index < -0.39 is 11.9 Å². The Hall–Kier alpha value is -2.41. The van der Waals surface area contributed by atoms with Crippen molar-refractivity contribution < 1.29 is 14.7 Å². The predicted molar refractivity (Wildman–Crippen MR) is 85.0 cm³/mol. The lowest BCUT2D eigenvalue weighted by molar-refractivity contribution is 0.0697. The molecule has 0 saturated heterocycles. The molecular formula is C15H16N2O4S. The van der Waals surface area contributed by atoms with Crippen LogP contribution in [0.3, 0.4) is 0 Å². The SMILES string of the molecule is CCc1c(C)sc(NC(=O)c2cccc(=O)n2C)c1C(=O)O. The van der Waals surface area contributed by atoms with E-state index in [1.807, 2.05) is 13.8 Å². The average Bonchev–Trinajstić information content (AvgIpc) is 2.77. The van der Waals surface area contributed by atoms with Crippen LogP contribution in [0.5, 0.6) is 0 Å². The number of thiophene rings is 1. The first-order valence-corrected chi connectivity index (χ1v) is 7.51. The monoisotopic (exact) mass is 320 g/mol. The van der Waals surface area contributed by atoms with Gasteiger partial charge in [-0.2, -0.15) is 0 Å². The van der Waals surface area contributed by atoms with Gasteiger partial charge in [0.1, 0.15) is 10.7 Å². The Morgan fingerprint density at radius 2 is 2.05 bits per heavy atom. The lowest BCUT2D eigenvalue weighted by Crippen LogP contribution is -2.25. The number of aromatic nitrogens is 1. The van der Waals surface area contributed by atoms with E-state index in [1.165, 1.54) is 41.2 Å². The van der Waals surface area contributed by atoms with Crippen molar-refractivity contribution in [1.29, 1.82) is 0 Å². The van der Waals surface area contributed by atoms with Crippen molar-refractivity contribution in [3.8, 4) is 0 Å². The van der Waals surface area contributed by atoms with Crippen molar-refractivity contribution >= 4 is 28.2 Å². The van der Waals surface area contributed by atoms with Gasteiger partial charge in [0, 0.05) is 18.0 Å². The van der Waals surface area contributed by atoms with Gasteiger partial charge in [0.05, 0.1) is 5.56 Å². The molecule has 0 fully saturated rings. The molecule has 116 valence electrons. The molecule has 7 heteroatoms. The zero-order valence-electron chi connectivity index (χ0n) is 12.5. The lowest BCUT2D eigenvalue weighted by atomic mass is 10.1. The zero-order chi connectivity index (χ0) is 16.4. The van der Waals surface area contributed by atoms with Crippen molar-refractivity contribution in [3.63, 3.8) is 0 Å². The first-order valence-electron chi connectivity index (χ1n) is 6.69. The number of pyridine rings is 1. The Kier molecular flexibility index (Phi) is 4.46. The van der Waals surface area contributed by atoms with Crippen molar-refractivity contribution in [1.82, 2.24) is 4.57 Å². The number of aromatic carboxylic acids is 1. The number of hydrogen-bond donors (Lipinski definition) is 2. The highest BCUT2D eigenvalue weighted by atomic mass is 32.1. The van der Waals surface area contributed by atoms with Gasteiger partial charge in [-0.1, -0.05) is 13.0 Å². The maximum absolute atomic E-state index is 12.3. The molecule has 2 aromatic rings. The number of aryl methyl sites for hydroxylation is 1. The minimum Gasteiger partial charge on any atom is -0.478 e. The number of amides is 1. The number of carbonyl (C=O) groups is 2. The molecule has 0 bridgehead atoms. The summed E-state index contributed by atoms with van der Waals surface area (Å²) in [6, 6.07) is 4.36. The smallest absolute Gasteiger partial charge is 0.339 e. The van der Waals surface area contributed by atoms with Gasteiger partial charge in [0.25, 0.3) is 11.5 Å². The fourth-order valence-corrected chi connectivity index (χ4v) is 3.41. The van der Waals surface area contributed by atoms with Gasteiger partial charge >= 0.3 is 5.97 Å². The molecule has 0 aliphatic carbocycles. The standard InChI is InChI=1S/C15H16N2O4S/c1-4-9-8(2)22-14(12(9)15(20)21)16-13(19)10-6-5-7-11(18)17(10)3/h5-7H,4H2,1-3H3,(H,16,19)(H,20,21). The number of hydrogen-bond acceptors (Lipinski definition) is 4. The molecule has 0 saturated carbocycles. The van der Waals surface area contributed by atoms with Crippen LogP contribution in [-0.2, 0) is 13.5 Å². The van der Waals surface area contributed by atoms with Gasteiger partial charge in [0.15, 0.2) is 0 Å². The fraction of sp³-hybridized carbons (Fsp3) is 0.267. The van der Waals surface area contributed by atoms with Gasteiger partial charge in [-0.3, -0.25) is 9.59 Å². The zero-order valence-corrected chi connectivity index (χ0v) is 13.3. The molecule has 2 N–H and O–H groups in total. The second kappa shape index (κ2) is 6.15. The van der Waals surface area contributed by atoms with E-state index in [-0.39, 0.29) is 16.8 Å². The van der Waals surface area contributed by atoms with Crippen LogP contribution in [0.15, 0.2) is 23.0 Å². The third-order valence-electron chi connectivity index (χ3n) is 3.42. The van der Waals surface area contributed by atoms with E-state index in [0.717, 1.165) is 10.4 Å². The summed E-state index contributed by atoms with van der Waals surface area (Å²) in [5.74, 6) is -1.58. The van der Waals surface area contributed by atoms with Crippen molar-refractivity contribution in [2.45, 2.75) is 20.3 Å². The molecule has 2 heterocycles. The number of carboxylic acid groups (broad SMARTS) is 1. The summed E-state index contributed by atoms with van der Waals surface area (Å²) < 4.78 is 1.22. The van der Waals surface area contributed by atoms with E-state index in [0.29, 0.717) is 11.4 Å². The molecule has 0 unspecified atom stereocenters. The van der Waals surface area contributed by atoms with Gasteiger partial charge in [0.2, 0.25) is 0 Å². The highest BCUT2D eigenvalue weighted by Gasteiger charge is 2.22. The van der Waals surface area contributed by atoms with E-state index in [9.17, 15) is 19.5 Å². The maximum Gasteiger partial charge on any atom is 0.339 e. The Balaban J connectivity index is 2.43. The maximum atomic E-state index is 12.3. The Labute approximate surface area is 131 Å². The van der Waals surface area contributed by atoms with E-state index in [4.69, 9.17) is 0 Å². The van der Waals surface area contributed by atoms with Gasteiger partial charge < -0.3 is 15.0 Å². The molecule has 0 aliphatic rings. The molecule has 2 aromatic heterocycles. The number of rotatable bonds is 4. The number of carboxylic acids is 1. The first-order chi connectivity index (χ1) is 10.4. The summed E-state index contributed by atoms with van der Waals surface area (Å²) in [5.41, 5.74) is 0.713. The molecule has 0 spiro atoms. The molecule has 2 rings (SSSR count). The molecule has 0 aromatic carbocycles. The van der Waals surface area contributed by atoms with Crippen LogP contribution >= 0.6 is 11.3 Å². The Morgan fingerprint density at radius 1 is 1.36 bits per heavy atom. The average molecular weight is 320 g/mol. The third-order valence-corrected chi connectivity index (χ3v) is 4.48. The Bertz CT molecular complexity index is 804. The van der Waals surface area contributed by atoms with E-state index >= 15 is 0 Å². The molecule has 0 aliphatic heterocycles. The van der Waals surface area contributed by atoms with Crippen LogP contribution in [0.4, 0.5) is 5.00 Å². The summed E-state index contributed by atoms with van der Waals surface area (Å²) in [7, 11) is 1.49. The van der Waals surface area contributed by atoms with Crippen molar-refractivity contribution in [2.24, 2.45) is 7.05 Å². The van der Waals surface area contributed by atoms with Crippen LogP contribution < -0.4 is 10.9 Å². The van der Waals surface area contributed by atoms with Gasteiger partial charge in [-0.25, -0.2) is 4.79 Å². The second-order valence-corrected chi connectivity index (χ2v) is 5.99. The second-order valence-electron chi connectivity index (χ2n) is 4.76. The van der Waals surface area contributed by atoms with Crippen LogP contribution in [0.2, 0.25) is 0 Å². The summed E-state index contributed by atoms with van der Waals surface area (Å²) in [4.78, 5) is 36.2. The summed E-state index contributed by atoms with van der Waals surface area (Å²) in [6.07, 6.45) is 0.573. The van der Waals surface area contributed by atoms with Crippen LogP contribution in [0, 0.1) is 6.92 Å². The highest BCUT2D eigenvalue weighted by Crippen LogP contribution is 2.33. The predicted octanol–water partition coefficient (Wildman–Crippen LogP) is 2.27. The molecule has 0 radical (unpaired) electrons. The minimum atomic E-state index is -1.07. The van der Waals surface area contributed by atoms with Crippen molar-refractivity contribution in [2.75, 3.05) is 5.32 Å². The van der Waals surface area contributed by atoms with Crippen molar-refractivity contribution in [3.05, 3.63) is 50.3 Å². The number of anilines is 1. The fourth-order valence-electron chi connectivity index (χ4n) is 2.28. The molecule has 1 amide bonds. The molecular weight excluding hydrogens is 304 g/mol. The topological polar surface area (TPSA) is 88.4 Å². The first kappa shape index (κ1) is 16.0. The third kappa shape index (κ3) is 2.80. The quantitative estimate of drug-likeness (QED) is 0.904. The highest BCUT2D eigenvalue weighted by molar-refractivity contribution is 7.16. The van der Waals surface area contributed by atoms with E-state index in [1.54, 1.807) is 0 Å². The van der Waals surface area contributed by atoms with Gasteiger partial charge in [-0.05, 0) is 25.0 Å². The minimum absolute atomic E-state index is 0.124. The Morgan fingerprint density at radius 3 is 2.64 bits per heavy atom. The largest absolute Gasteiger partial charge is 0.478 e. The van der Waals surface area contributed by atoms with Gasteiger partial charge in [-0.15, -0.1) is 11.3 Å². The number of nitrogens with one attached hydrogen (secondary N) is 1.